The Hall–Kier alpha value is -5.10. The van der Waals surface area contributed by atoms with E-state index in [2.05, 4.69) is 33.2 Å². The molecule has 5 rings (SSSR count). The van der Waals surface area contributed by atoms with Gasteiger partial charge in [-0.05, 0) is 57.0 Å². The Balaban J connectivity index is 1.61. The van der Waals surface area contributed by atoms with Crippen LogP contribution in [0.4, 0.5) is 23.0 Å². The summed E-state index contributed by atoms with van der Waals surface area (Å²) < 4.78 is 13.0. The fraction of sp³-hybridized carbons (Fsp3) is 0.371. The van der Waals surface area contributed by atoms with Crippen LogP contribution in [0.25, 0.3) is 22.2 Å². The smallest absolute Gasteiger partial charge is 0.341 e. The zero-order valence-corrected chi connectivity index (χ0v) is 27.9. The Labute approximate surface area is 275 Å². The van der Waals surface area contributed by atoms with Gasteiger partial charge in [-0.15, -0.1) is 0 Å². The number of ether oxygens (including phenoxy) is 2. The van der Waals surface area contributed by atoms with Gasteiger partial charge in [0.25, 0.3) is 0 Å². The first-order valence-corrected chi connectivity index (χ1v) is 15.7. The predicted molar refractivity (Wildman–Crippen MR) is 185 cm³/mol. The summed E-state index contributed by atoms with van der Waals surface area (Å²) in [5.74, 6) is 0.339. The number of aromatic nitrogens is 3. The van der Waals surface area contributed by atoms with E-state index in [9.17, 15) is 9.59 Å². The van der Waals surface area contributed by atoms with Gasteiger partial charge in [-0.1, -0.05) is 31.7 Å². The van der Waals surface area contributed by atoms with E-state index in [1.165, 1.54) is 17.8 Å². The molecule has 1 aliphatic rings. The lowest BCUT2D eigenvalue weighted by atomic mass is 10.0. The first-order chi connectivity index (χ1) is 22.7. The van der Waals surface area contributed by atoms with Crippen molar-refractivity contribution >= 4 is 45.8 Å². The molecule has 1 amide bonds. The maximum Gasteiger partial charge on any atom is 0.341 e. The third kappa shape index (κ3) is 7.33. The van der Waals surface area contributed by atoms with Crippen LogP contribution < -0.4 is 25.1 Å². The van der Waals surface area contributed by atoms with Gasteiger partial charge in [0.1, 0.15) is 18.4 Å². The molecule has 248 valence electrons. The molecule has 0 radical (unpaired) electrons. The minimum atomic E-state index is -0.512. The molecule has 1 fully saturated rings. The topological polar surface area (TPSA) is 123 Å². The van der Waals surface area contributed by atoms with Crippen LogP contribution in [0.3, 0.4) is 0 Å². The highest BCUT2D eigenvalue weighted by atomic mass is 16.6. The van der Waals surface area contributed by atoms with Crippen LogP contribution in [0.1, 0.15) is 48.0 Å². The molecule has 0 saturated heterocycles. The average Bonchev–Trinajstić information content (AvgIpc) is 3.85. The molecule has 2 heterocycles. The summed E-state index contributed by atoms with van der Waals surface area (Å²) in [5, 5.41) is 7.07. The number of carbonyl (C=O) groups excluding carboxylic acids is 2. The maximum absolute atomic E-state index is 13.3. The van der Waals surface area contributed by atoms with E-state index in [0.29, 0.717) is 47.3 Å². The average molecular weight is 642 g/mol. The summed E-state index contributed by atoms with van der Waals surface area (Å²) in [5.41, 5.74) is 5.32. The third-order valence-corrected chi connectivity index (χ3v) is 8.04. The summed E-state index contributed by atoms with van der Waals surface area (Å²) >= 11 is 0. The molecule has 1 aliphatic carbocycles. The van der Waals surface area contributed by atoms with Crippen molar-refractivity contribution in [3.63, 3.8) is 0 Å². The number of nitrogens with one attached hydrogen (secondary N) is 2. The lowest BCUT2D eigenvalue weighted by Crippen LogP contribution is -2.29. The Morgan fingerprint density at radius 3 is 2.57 bits per heavy atom. The Morgan fingerprint density at radius 1 is 1.13 bits per heavy atom. The number of carbonyl (C=O) groups is 2. The molecule has 2 aromatic carbocycles. The van der Waals surface area contributed by atoms with E-state index in [1.54, 1.807) is 25.0 Å². The molecule has 1 saturated carbocycles. The number of fused-ring (bicyclic) bond motifs is 1. The van der Waals surface area contributed by atoms with Gasteiger partial charge in [-0.2, -0.15) is 4.73 Å². The van der Waals surface area contributed by atoms with Crippen LogP contribution in [0.15, 0.2) is 55.4 Å². The number of nitrogens with zero attached hydrogens (tertiary/aromatic N) is 5. The Kier molecular flexibility index (Phi) is 10.3. The number of likely N-dealkylation sites (N-methyl/N-ethyl adjacent to an activating group) is 2. The molecule has 0 bridgehead atoms. The lowest BCUT2D eigenvalue weighted by Gasteiger charge is -2.26. The molecule has 2 aromatic heterocycles. The van der Waals surface area contributed by atoms with Crippen LogP contribution in [0, 0.1) is 0 Å². The summed E-state index contributed by atoms with van der Waals surface area (Å²) in [4.78, 5) is 45.0. The van der Waals surface area contributed by atoms with Crippen molar-refractivity contribution < 1.29 is 23.9 Å². The number of para-hydroxylation sites is 1. The first kappa shape index (κ1) is 33.3. The van der Waals surface area contributed by atoms with E-state index in [4.69, 9.17) is 19.3 Å². The standard InChI is InChI=1S/C35H43N7O5/c1-8-17-47-34(44)25-20-36-35(39-32(25)26-21-42(46-7)33-23(22-13-14-22)11-10-12-24(26)33)38-28-18-27(37-31(43)9-2)29(19-30(28)45-6)41(5)16-15-40(3)4/h9-12,18-22H,2,8,13-17H2,1,3-7H3,(H,37,43)(H,36,38,39). The van der Waals surface area contributed by atoms with Crippen LogP contribution in [-0.4, -0.2) is 86.5 Å². The number of benzene rings is 2. The van der Waals surface area contributed by atoms with E-state index in [-0.39, 0.29) is 24.0 Å². The molecule has 47 heavy (non-hydrogen) atoms. The normalized spacial score (nSPS) is 12.6. The van der Waals surface area contributed by atoms with Gasteiger partial charge in [0, 0.05) is 43.4 Å². The van der Waals surface area contributed by atoms with E-state index < -0.39 is 5.97 Å². The molecule has 0 atom stereocenters. The van der Waals surface area contributed by atoms with Gasteiger partial charge in [-0.25, -0.2) is 14.8 Å². The summed E-state index contributed by atoms with van der Waals surface area (Å²) in [6.07, 6.45) is 7.47. The second-order valence-electron chi connectivity index (χ2n) is 11.8. The van der Waals surface area contributed by atoms with Crippen LogP contribution >= 0.6 is 0 Å². The summed E-state index contributed by atoms with van der Waals surface area (Å²) in [6, 6.07) is 9.77. The van der Waals surface area contributed by atoms with Gasteiger partial charge in [0.2, 0.25) is 11.9 Å². The number of hydrogen-bond acceptors (Lipinski definition) is 10. The van der Waals surface area contributed by atoms with Gasteiger partial charge in [-0.3, -0.25) is 4.79 Å². The molecule has 4 aromatic rings. The second kappa shape index (κ2) is 14.5. The molecule has 2 N–H and O–H groups in total. The first-order valence-electron chi connectivity index (χ1n) is 15.7. The monoisotopic (exact) mass is 641 g/mol. The van der Waals surface area contributed by atoms with Crippen LogP contribution in [0.5, 0.6) is 5.75 Å². The van der Waals surface area contributed by atoms with Crippen molar-refractivity contribution in [1.29, 1.82) is 0 Å². The van der Waals surface area contributed by atoms with Gasteiger partial charge in [0.15, 0.2) is 0 Å². The van der Waals surface area contributed by atoms with Gasteiger partial charge in [0.05, 0.1) is 48.2 Å². The summed E-state index contributed by atoms with van der Waals surface area (Å²) in [6.45, 7) is 7.33. The maximum atomic E-state index is 13.3. The van der Waals surface area contributed by atoms with Crippen molar-refractivity contribution in [3.05, 3.63) is 66.5 Å². The number of hydrogen-bond donors (Lipinski definition) is 2. The number of anilines is 4. The quantitative estimate of drug-likeness (QED) is 0.128. The molecule has 0 unspecified atom stereocenters. The lowest BCUT2D eigenvalue weighted by molar-refractivity contribution is -0.111. The Morgan fingerprint density at radius 2 is 1.91 bits per heavy atom. The zero-order valence-electron chi connectivity index (χ0n) is 27.9. The fourth-order valence-corrected chi connectivity index (χ4v) is 5.43. The van der Waals surface area contributed by atoms with Gasteiger partial charge < -0.3 is 34.7 Å². The van der Waals surface area contributed by atoms with Crippen molar-refractivity contribution in [3.8, 4) is 17.0 Å². The second-order valence-corrected chi connectivity index (χ2v) is 11.8. The van der Waals surface area contributed by atoms with Crippen LogP contribution in [-0.2, 0) is 9.53 Å². The molecule has 12 nitrogen and oxygen atoms in total. The van der Waals surface area contributed by atoms with E-state index >= 15 is 0 Å². The molecule has 0 spiro atoms. The molecular formula is C35H43N7O5. The Bertz CT molecular complexity index is 1780. The molecular weight excluding hydrogens is 598 g/mol. The minimum absolute atomic E-state index is 0.219. The highest BCUT2D eigenvalue weighted by molar-refractivity contribution is 6.04. The SMILES string of the molecule is C=CC(=O)Nc1cc(Nc2ncc(C(=O)OCCC)c(-c3cn(OC)c4c(C5CC5)cccc34)n2)c(OC)cc1N(C)CCN(C)C. The van der Waals surface area contributed by atoms with Crippen molar-refractivity contribution in [2.75, 3.05) is 70.6 Å². The van der Waals surface area contributed by atoms with Crippen molar-refractivity contribution in [2.45, 2.75) is 32.1 Å². The third-order valence-electron chi connectivity index (χ3n) is 8.04. The largest absolute Gasteiger partial charge is 0.494 e. The number of methoxy groups -OCH3 is 1. The van der Waals surface area contributed by atoms with Crippen molar-refractivity contribution in [2.24, 2.45) is 0 Å². The highest BCUT2D eigenvalue weighted by Crippen LogP contribution is 2.45. The number of esters is 1. The molecule has 12 heteroatoms. The van der Waals surface area contributed by atoms with E-state index in [0.717, 1.165) is 36.0 Å². The predicted octanol–water partition coefficient (Wildman–Crippen LogP) is 5.48. The summed E-state index contributed by atoms with van der Waals surface area (Å²) in [7, 11) is 9.15. The van der Waals surface area contributed by atoms with Crippen LogP contribution in [0.2, 0.25) is 0 Å². The zero-order chi connectivity index (χ0) is 33.7. The number of rotatable bonds is 15. The molecule has 0 aliphatic heterocycles. The van der Waals surface area contributed by atoms with Gasteiger partial charge >= 0.3 is 5.97 Å². The van der Waals surface area contributed by atoms with E-state index in [1.807, 2.05) is 57.4 Å². The highest BCUT2D eigenvalue weighted by Gasteiger charge is 2.29. The number of amides is 1. The fourth-order valence-electron chi connectivity index (χ4n) is 5.43. The minimum Gasteiger partial charge on any atom is -0.494 e. The van der Waals surface area contributed by atoms with Crippen molar-refractivity contribution in [1.82, 2.24) is 19.6 Å².